The number of nitrogens with one attached hydrogen (secondary N) is 1. The normalized spacial score (nSPS) is 17.7. The third-order valence-electron chi connectivity index (χ3n) is 3.64. The molecule has 1 aromatic rings. The minimum absolute atomic E-state index is 0.261. The van der Waals surface area contributed by atoms with Gasteiger partial charge in [-0.15, -0.1) is 0 Å². The predicted molar refractivity (Wildman–Crippen MR) is 69.6 cm³/mol. The van der Waals surface area contributed by atoms with Crippen LogP contribution in [0.5, 0.6) is 0 Å². The van der Waals surface area contributed by atoms with Crippen LogP contribution in [-0.4, -0.2) is 28.9 Å². The minimum Gasteiger partial charge on any atom is -0.467 e. The highest BCUT2D eigenvalue weighted by Gasteiger charge is 2.21. The lowest BCUT2D eigenvalue weighted by Gasteiger charge is -2.15. The molecule has 18 heavy (non-hydrogen) atoms. The molecule has 0 aliphatic heterocycles. The Hall–Kier alpha value is -1.52. The van der Waals surface area contributed by atoms with Crippen molar-refractivity contribution in [3.63, 3.8) is 0 Å². The number of nitrogens with zero attached hydrogens (tertiary/aromatic N) is 2. The summed E-state index contributed by atoms with van der Waals surface area (Å²) in [5.41, 5.74) is 2.01. The Morgan fingerprint density at radius 3 is 2.83 bits per heavy atom. The second kappa shape index (κ2) is 5.42. The van der Waals surface area contributed by atoms with Gasteiger partial charge in [-0.2, -0.15) is 5.10 Å². The fraction of sp³-hybridized carbons (Fsp3) is 0.692. The first-order valence-electron chi connectivity index (χ1n) is 6.52. The van der Waals surface area contributed by atoms with Crippen LogP contribution in [-0.2, 0) is 9.53 Å². The molecule has 1 aliphatic carbocycles. The fourth-order valence-corrected chi connectivity index (χ4v) is 2.55. The molecule has 1 aromatic heterocycles. The number of anilines is 1. The molecule has 1 saturated carbocycles. The van der Waals surface area contributed by atoms with Crippen LogP contribution in [0.4, 0.5) is 5.69 Å². The molecule has 0 unspecified atom stereocenters. The summed E-state index contributed by atoms with van der Waals surface area (Å²) in [4.78, 5) is 11.4. The Bertz CT molecular complexity index is 422. The highest BCUT2D eigenvalue weighted by molar-refractivity contribution is 5.78. The third kappa shape index (κ3) is 2.49. The van der Waals surface area contributed by atoms with E-state index in [2.05, 4.69) is 15.1 Å². The van der Waals surface area contributed by atoms with Gasteiger partial charge in [0.2, 0.25) is 0 Å². The molecule has 1 atom stereocenters. The topological polar surface area (TPSA) is 56.1 Å². The summed E-state index contributed by atoms with van der Waals surface area (Å²) in [5.74, 6) is -0.261. The zero-order chi connectivity index (χ0) is 13.1. The summed E-state index contributed by atoms with van der Waals surface area (Å²) < 4.78 is 6.78. The van der Waals surface area contributed by atoms with E-state index in [0.717, 1.165) is 11.4 Å². The lowest BCUT2D eigenvalue weighted by atomic mass is 10.2. The van der Waals surface area contributed by atoms with Crippen molar-refractivity contribution >= 4 is 11.7 Å². The number of hydrogen-bond donors (Lipinski definition) is 1. The van der Waals surface area contributed by atoms with Gasteiger partial charge in [-0.1, -0.05) is 12.8 Å². The van der Waals surface area contributed by atoms with Crippen LogP contribution in [0.25, 0.3) is 0 Å². The molecule has 100 valence electrons. The van der Waals surface area contributed by atoms with Crippen molar-refractivity contribution in [1.82, 2.24) is 9.78 Å². The zero-order valence-corrected chi connectivity index (χ0v) is 11.3. The number of esters is 1. The second-order valence-corrected chi connectivity index (χ2v) is 4.92. The van der Waals surface area contributed by atoms with Crippen molar-refractivity contribution < 1.29 is 9.53 Å². The number of aromatic nitrogens is 2. The summed E-state index contributed by atoms with van der Waals surface area (Å²) in [5, 5.41) is 7.58. The Kier molecular flexibility index (Phi) is 3.89. The molecule has 0 radical (unpaired) electrons. The number of carbonyl (C=O) groups excluding carboxylic acids is 1. The van der Waals surface area contributed by atoms with Gasteiger partial charge < -0.3 is 10.1 Å². The van der Waals surface area contributed by atoms with Crippen molar-refractivity contribution in [1.29, 1.82) is 0 Å². The maximum atomic E-state index is 11.4. The minimum atomic E-state index is -0.352. The third-order valence-corrected chi connectivity index (χ3v) is 3.64. The molecule has 1 aliphatic rings. The highest BCUT2D eigenvalue weighted by atomic mass is 16.5. The largest absolute Gasteiger partial charge is 0.467 e. The van der Waals surface area contributed by atoms with Crippen molar-refractivity contribution in [2.75, 3.05) is 12.4 Å². The van der Waals surface area contributed by atoms with Crippen molar-refractivity contribution in [2.24, 2.45) is 0 Å². The number of rotatable bonds is 4. The van der Waals surface area contributed by atoms with Crippen LogP contribution in [0, 0.1) is 6.92 Å². The zero-order valence-electron chi connectivity index (χ0n) is 11.3. The van der Waals surface area contributed by atoms with Crippen LogP contribution in [0.15, 0.2) is 6.20 Å². The second-order valence-electron chi connectivity index (χ2n) is 4.92. The van der Waals surface area contributed by atoms with E-state index in [1.54, 1.807) is 13.1 Å². The Labute approximate surface area is 108 Å². The van der Waals surface area contributed by atoms with Gasteiger partial charge in [-0.25, -0.2) is 4.79 Å². The van der Waals surface area contributed by atoms with Gasteiger partial charge in [0.05, 0.1) is 30.7 Å². The average molecular weight is 251 g/mol. The highest BCUT2D eigenvalue weighted by Crippen LogP contribution is 2.31. The van der Waals surface area contributed by atoms with Gasteiger partial charge in [0.25, 0.3) is 0 Å². The van der Waals surface area contributed by atoms with E-state index in [1.807, 2.05) is 6.92 Å². The van der Waals surface area contributed by atoms with Gasteiger partial charge in [0.15, 0.2) is 0 Å². The lowest BCUT2D eigenvalue weighted by molar-refractivity contribution is -0.141. The van der Waals surface area contributed by atoms with Crippen molar-refractivity contribution in [2.45, 2.75) is 51.6 Å². The summed E-state index contributed by atoms with van der Waals surface area (Å²) in [6.45, 7) is 3.83. The standard InChI is InChI=1S/C13H21N3O2/c1-9(13(17)18-3)15-12-8-14-16(10(12)2)11-6-4-5-7-11/h8-9,11,15H,4-7H2,1-3H3/t9-/m1/s1. The monoisotopic (exact) mass is 251 g/mol. The molecule has 2 rings (SSSR count). The molecular formula is C13H21N3O2. The Morgan fingerprint density at radius 2 is 2.22 bits per heavy atom. The van der Waals surface area contributed by atoms with Crippen molar-refractivity contribution in [3.8, 4) is 0 Å². The quantitative estimate of drug-likeness (QED) is 0.834. The molecule has 0 saturated heterocycles. The molecule has 1 fully saturated rings. The van der Waals surface area contributed by atoms with Crippen LogP contribution in [0.1, 0.15) is 44.3 Å². The molecule has 5 nitrogen and oxygen atoms in total. The molecule has 0 aromatic carbocycles. The van der Waals surface area contributed by atoms with Crippen LogP contribution in [0.3, 0.4) is 0 Å². The summed E-state index contributed by atoms with van der Waals surface area (Å²) in [6.07, 6.45) is 6.77. The predicted octanol–water partition coefficient (Wildman–Crippen LogP) is 2.28. The molecule has 1 N–H and O–H groups in total. The smallest absolute Gasteiger partial charge is 0.327 e. The van der Waals surface area contributed by atoms with E-state index in [9.17, 15) is 4.79 Å². The number of hydrogen-bond acceptors (Lipinski definition) is 4. The molecule has 1 heterocycles. The first-order valence-corrected chi connectivity index (χ1v) is 6.52. The van der Waals surface area contributed by atoms with E-state index in [0.29, 0.717) is 6.04 Å². The first kappa shape index (κ1) is 12.9. The summed E-state index contributed by atoms with van der Waals surface area (Å²) in [7, 11) is 1.40. The van der Waals surface area contributed by atoms with Gasteiger partial charge in [-0.05, 0) is 26.7 Å². The average Bonchev–Trinajstić information content (AvgIpc) is 2.99. The maximum absolute atomic E-state index is 11.4. The first-order chi connectivity index (χ1) is 8.63. The van der Waals surface area contributed by atoms with E-state index >= 15 is 0 Å². The molecule has 5 heteroatoms. The molecule has 0 spiro atoms. The maximum Gasteiger partial charge on any atom is 0.327 e. The lowest BCUT2D eigenvalue weighted by Crippen LogP contribution is -2.27. The summed E-state index contributed by atoms with van der Waals surface area (Å²) >= 11 is 0. The van der Waals surface area contributed by atoms with Gasteiger partial charge in [0, 0.05) is 0 Å². The fourth-order valence-electron chi connectivity index (χ4n) is 2.55. The number of methoxy groups -OCH3 is 1. The van der Waals surface area contributed by atoms with E-state index in [4.69, 9.17) is 4.74 Å². The van der Waals surface area contributed by atoms with E-state index in [1.165, 1.54) is 32.8 Å². The van der Waals surface area contributed by atoms with Crippen LogP contribution >= 0.6 is 0 Å². The Morgan fingerprint density at radius 1 is 1.56 bits per heavy atom. The van der Waals surface area contributed by atoms with Gasteiger partial charge >= 0.3 is 5.97 Å². The molecular weight excluding hydrogens is 230 g/mol. The number of ether oxygens (including phenoxy) is 1. The van der Waals surface area contributed by atoms with Gasteiger partial charge in [0.1, 0.15) is 6.04 Å². The SMILES string of the molecule is COC(=O)[C@@H](C)Nc1cnn(C2CCCC2)c1C. The van der Waals surface area contributed by atoms with Crippen molar-refractivity contribution in [3.05, 3.63) is 11.9 Å². The molecule has 0 amide bonds. The number of carbonyl (C=O) groups is 1. The van der Waals surface area contributed by atoms with E-state index < -0.39 is 0 Å². The van der Waals surface area contributed by atoms with Gasteiger partial charge in [-0.3, -0.25) is 4.68 Å². The molecule has 0 bridgehead atoms. The summed E-state index contributed by atoms with van der Waals surface area (Å²) in [6, 6.07) is 0.170. The van der Waals surface area contributed by atoms with E-state index in [-0.39, 0.29) is 12.0 Å². The Balaban J connectivity index is 2.08. The van der Waals surface area contributed by atoms with Crippen LogP contribution < -0.4 is 5.32 Å². The van der Waals surface area contributed by atoms with Crippen LogP contribution in [0.2, 0.25) is 0 Å².